The fourth-order valence-electron chi connectivity index (χ4n) is 1.81. The summed E-state index contributed by atoms with van der Waals surface area (Å²) in [4.78, 5) is 12.4. The normalized spacial score (nSPS) is 11.8. The zero-order valence-electron chi connectivity index (χ0n) is 11.0. The van der Waals surface area contributed by atoms with Gasteiger partial charge in [0.2, 0.25) is 0 Å². The van der Waals surface area contributed by atoms with Gasteiger partial charge in [-0.05, 0) is 26.0 Å². The number of carbonyl (C=O) groups is 1. The lowest BCUT2D eigenvalue weighted by Gasteiger charge is -2.32. The first-order chi connectivity index (χ1) is 9.03. The van der Waals surface area contributed by atoms with Crippen molar-refractivity contribution in [2.45, 2.75) is 26.1 Å². The maximum atomic E-state index is 12.7. The average Bonchev–Trinajstić information content (AvgIpc) is 2.23. The molecule has 20 heavy (non-hydrogen) atoms. The molecule has 0 saturated heterocycles. The van der Waals surface area contributed by atoms with E-state index in [2.05, 4.69) is 0 Å². The van der Waals surface area contributed by atoms with Crippen LogP contribution in [0.1, 0.15) is 24.2 Å². The fourth-order valence-corrected chi connectivity index (χ4v) is 2.15. The van der Waals surface area contributed by atoms with E-state index in [9.17, 15) is 18.0 Å². The molecule has 0 spiro atoms. The number of benzene rings is 1. The molecule has 0 atom stereocenters. The smallest absolute Gasteiger partial charge is 0.399 e. The van der Waals surface area contributed by atoms with Crippen molar-refractivity contribution in [2.75, 3.05) is 17.2 Å². The van der Waals surface area contributed by atoms with Crippen LogP contribution in [0.2, 0.25) is 5.02 Å². The largest absolute Gasteiger partial charge is 0.405 e. The zero-order chi connectivity index (χ0) is 15.7. The van der Waals surface area contributed by atoms with E-state index in [1.165, 1.54) is 12.1 Å². The summed E-state index contributed by atoms with van der Waals surface area (Å²) in [5.41, 5.74) is 10.7. The van der Waals surface area contributed by atoms with E-state index in [0.717, 1.165) is 4.90 Å². The maximum Gasteiger partial charge on any atom is 0.405 e. The highest BCUT2D eigenvalue weighted by molar-refractivity contribution is 6.34. The quantitative estimate of drug-likeness (QED) is 0.840. The highest BCUT2D eigenvalue weighted by Crippen LogP contribution is 2.35. The molecular weight excluding hydrogens is 295 g/mol. The van der Waals surface area contributed by atoms with E-state index in [-0.39, 0.29) is 22.0 Å². The van der Waals surface area contributed by atoms with Gasteiger partial charge in [0.05, 0.1) is 16.3 Å². The standard InChI is InChI=1S/C12H15ClF3N3O/c1-6(2)19(5-12(14,15)16)10-8(11(18)20)3-7(17)4-9(10)13/h3-4,6H,5,17H2,1-2H3,(H2,18,20). The number of nitrogen functional groups attached to an aromatic ring is 1. The van der Waals surface area contributed by atoms with Gasteiger partial charge in [0, 0.05) is 11.7 Å². The second-order valence-electron chi connectivity index (χ2n) is 4.60. The van der Waals surface area contributed by atoms with Crippen molar-refractivity contribution >= 4 is 28.9 Å². The van der Waals surface area contributed by atoms with Crippen LogP contribution < -0.4 is 16.4 Å². The molecule has 4 nitrogen and oxygen atoms in total. The van der Waals surface area contributed by atoms with Gasteiger partial charge in [-0.25, -0.2) is 0 Å². The van der Waals surface area contributed by atoms with Gasteiger partial charge in [-0.2, -0.15) is 13.2 Å². The van der Waals surface area contributed by atoms with Crippen molar-refractivity contribution in [3.63, 3.8) is 0 Å². The first kappa shape index (κ1) is 16.4. The lowest BCUT2D eigenvalue weighted by atomic mass is 10.1. The highest BCUT2D eigenvalue weighted by Gasteiger charge is 2.34. The first-order valence-electron chi connectivity index (χ1n) is 5.75. The van der Waals surface area contributed by atoms with E-state index in [1.807, 2.05) is 0 Å². The number of nitrogens with zero attached hydrogens (tertiary/aromatic N) is 1. The molecule has 1 aromatic rings. The Hall–Kier alpha value is -1.63. The molecule has 0 aliphatic rings. The number of halogens is 4. The Morgan fingerprint density at radius 3 is 2.35 bits per heavy atom. The molecule has 1 aromatic carbocycles. The molecule has 0 radical (unpaired) electrons. The number of anilines is 2. The third-order valence-corrected chi connectivity index (χ3v) is 2.90. The third kappa shape index (κ3) is 3.93. The minimum absolute atomic E-state index is 0.0447. The minimum atomic E-state index is -4.44. The molecule has 8 heteroatoms. The van der Waals surface area contributed by atoms with Crippen LogP contribution in [-0.4, -0.2) is 24.7 Å². The summed E-state index contributed by atoms with van der Waals surface area (Å²) >= 11 is 5.95. The Morgan fingerprint density at radius 2 is 1.95 bits per heavy atom. The second-order valence-corrected chi connectivity index (χ2v) is 5.01. The van der Waals surface area contributed by atoms with Crippen LogP contribution in [0, 0.1) is 0 Å². The van der Waals surface area contributed by atoms with Crippen molar-refractivity contribution < 1.29 is 18.0 Å². The van der Waals surface area contributed by atoms with E-state index in [4.69, 9.17) is 23.1 Å². The molecule has 0 saturated carbocycles. The molecule has 1 amide bonds. The molecule has 0 unspecified atom stereocenters. The number of alkyl halides is 3. The zero-order valence-corrected chi connectivity index (χ0v) is 11.7. The Balaban J connectivity index is 3.43. The summed E-state index contributed by atoms with van der Waals surface area (Å²) < 4.78 is 38.0. The van der Waals surface area contributed by atoms with E-state index < -0.39 is 24.7 Å². The average molecular weight is 310 g/mol. The van der Waals surface area contributed by atoms with Crippen molar-refractivity contribution in [3.05, 3.63) is 22.7 Å². The molecule has 0 aliphatic heterocycles. The predicted molar refractivity (Wildman–Crippen MR) is 72.9 cm³/mol. The molecule has 4 N–H and O–H groups in total. The monoisotopic (exact) mass is 309 g/mol. The number of rotatable bonds is 4. The van der Waals surface area contributed by atoms with Gasteiger partial charge >= 0.3 is 6.18 Å². The van der Waals surface area contributed by atoms with E-state index >= 15 is 0 Å². The van der Waals surface area contributed by atoms with Crippen LogP contribution in [0.25, 0.3) is 0 Å². The summed E-state index contributed by atoms with van der Waals surface area (Å²) in [6.07, 6.45) is -4.44. The number of hydrogen-bond donors (Lipinski definition) is 2. The Morgan fingerprint density at radius 1 is 1.40 bits per heavy atom. The van der Waals surface area contributed by atoms with Crippen molar-refractivity contribution in [3.8, 4) is 0 Å². The van der Waals surface area contributed by atoms with Gasteiger partial charge in [-0.1, -0.05) is 11.6 Å². The Bertz CT molecular complexity index is 517. The fraction of sp³-hybridized carbons (Fsp3) is 0.417. The minimum Gasteiger partial charge on any atom is -0.399 e. The van der Waals surface area contributed by atoms with Crippen molar-refractivity contribution in [1.82, 2.24) is 0 Å². The summed E-state index contributed by atoms with van der Waals surface area (Å²) in [6.45, 7) is 1.88. The first-order valence-corrected chi connectivity index (χ1v) is 6.13. The number of amides is 1. The topological polar surface area (TPSA) is 72.3 Å². The van der Waals surface area contributed by atoms with Gasteiger partial charge in [-0.15, -0.1) is 0 Å². The summed E-state index contributed by atoms with van der Waals surface area (Å²) in [5.74, 6) is -0.887. The van der Waals surface area contributed by atoms with Crippen molar-refractivity contribution in [1.29, 1.82) is 0 Å². The van der Waals surface area contributed by atoms with Crippen LogP contribution in [0.4, 0.5) is 24.5 Å². The molecule has 0 fully saturated rings. The predicted octanol–water partition coefficient (Wildman–Crippen LogP) is 2.80. The Kier molecular flexibility index (Phi) is 4.75. The molecule has 0 aliphatic carbocycles. The van der Waals surface area contributed by atoms with Gasteiger partial charge in [0.25, 0.3) is 5.91 Å². The summed E-state index contributed by atoms with van der Waals surface area (Å²) in [5, 5.41) is -0.0447. The van der Waals surface area contributed by atoms with Crippen LogP contribution in [0.3, 0.4) is 0 Å². The van der Waals surface area contributed by atoms with Crippen LogP contribution in [-0.2, 0) is 0 Å². The van der Waals surface area contributed by atoms with Crippen LogP contribution in [0.15, 0.2) is 12.1 Å². The molecule has 0 bridgehead atoms. The summed E-state index contributed by atoms with van der Waals surface area (Å²) in [6, 6.07) is 1.97. The van der Waals surface area contributed by atoms with Crippen LogP contribution >= 0.6 is 11.6 Å². The van der Waals surface area contributed by atoms with Crippen LogP contribution in [0.5, 0.6) is 0 Å². The second kappa shape index (κ2) is 5.78. The van der Waals surface area contributed by atoms with E-state index in [1.54, 1.807) is 13.8 Å². The number of nitrogens with two attached hydrogens (primary N) is 2. The van der Waals surface area contributed by atoms with E-state index in [0.29, 0.717) is 0 Å². The molecular formula is C12H15ClF3N3O. The third-order valence-electron chi connectivity index (χ3n) is 2.61. The van der Waals surface area contributed by atoms with Gasteiger partial charge in [0.1, 0.15) is 6.54 Å². The van der Waals surface area contributed by atoms with Gasteiger partial charge in [0.15, 0.2) is 0 Å². The highest BCUT2D eigenvalue weighted by atomic mass is 35.5. The molecule has 1 rings (SSSR count). The SMILES string of the molecule is CC(C)N(CC(F)(F)F)c1c(Cl)cc(N)cc1C(N)=O. The molecule has 0 heterocycles. The number of hydrogen-bond acceptors (Lipinski definition) is 3. The molecule has 0 aromatic heterocycles. The molecule has 112 valence electrons. The van der Waals surface area contributed by atoms with Crippen molar-refractivity contribution in [2.24, 2.45) is 5.73 Å². The lowest BCUT2D eigenvalue weighted by molar-refractivity contribution is -0.120. The Labute approximate surface area is 119 Å². The maximum absolute atomic E-state index is 12.7. The van der Waals surface area contributed by atoms with Gasteiger partial charge < -0.3 is 16.4 Å². The number of primary amides is 1. The summed E-state index contributed by atoms with van der Waals surface area (Å²) in [7, 11) is 0. The van der Waals surface area contributed by atoms with Gasteiger partial charge in [-0.3, -0.25) is 4.79 Å². The lowest BCUT2D eigenvalue weighted by Crippen LogP contribution is -2.40. The number of carbonyl (C=O) groups excluding carboxylic acids is 1.